The molecule has 3 N–H and O–H groups in total. The summed E-state index contributed by atoms with van der Waals surface area (Å²) >= 11 is 6.07. The Kier molecular flexibility index (Phi) is 4.66. The van der Waals surface area contributed by atoms with Gasteiger partial charge in [-0.1, -0.05) is 11.6 Å². The number of nitrogens with one attached hydrogen (secondary N) is 1. The highest BCUT2D eigenvalue weighted by Crippen LogP contribution is 2.28. The van der Waals surface area contributed by atoms with E-state index < -0.39 is 0 Å². The molecule has 1 fully saturated rings. The Bertz CT molecular complexity index is 465. The second-order valence-electron chi connectivity index (χ2n) is 4.82. The van der Waals surface area contributed by atoms with Crippen molar-refractivity contribution in [3.63, 3.8) is 0 Å². The summed E-state index contributed by atoms with van der Waals surface area (Å²) in [6.45, 7) is 0. The molecular formula is C14H19ClN2O2. The van der Waals surface area contributed by atoms with Crippen LogP contribution >= 0.6 is 11.6 Å². The lowest BCUT2D eigenvalue weighted by atomic mass is 9.95. The number of methoxy groups -OCH3 is 1. The van der Waals surface area contributed by atoms with Gasteiger partial charge in [0.25, 0.3) is 0 Å². The van der Waals surface area contributed by atoms with Gasteiger partial charge in [-0.05, 0) is 37.5 Å². The second-order valence-corrected chi connectivity index (χ2v) is 5.23. The number of nitrogen functional groups attached to an aromatic ring is 1. The van der Waals surface area contributed by atoms with Gasteiger partial charge >= 0.3 is 0 Å². The van der Waals surface area contributed by atoms with Crippen LogP contribution in [0.15, 0.2) is 18.2 Å². The standard InChI is InChI=1S/C14H19ClN2O2/c1-18-9-3-2-4-10(7-9)19-11-5-6-12(14(16)17)13(15)8-11/h5-6,8-10H,2-4,7H2,1H3,(H3,16,17). The number of ether oxygens (including phenoxy) is 2. The van der Waals surface area contributed by atoms with E-state index in [-0.39, 0.29) is 18.0 Å². The van der Waals surface area contributed by atoms with Crippen LogP contribution < -0.4 is 10.5 Å². The van der Waals surface area contributed by atoms with Crippen LogP contribution in [-0.2, 0) is 4.74 Å². The molecule has 19 heavy (non-hydrogen) atoms. The molecule has 2 rings (SSSR count). The quantitative estimate of drug-likeness (QED) is 0.659. The van der Waals surface area contributed by atoms with Gasteiger partial charge in [-0.3, -0.25) is 5.41 Å². The molecule has 2 unspecified atom stereocenters. The Labute approximate surface area is 118 Å². The monoisotopic (exact) mass is 282 g/mol. The maximum atomic E-state index is 7.39. The zero-order valence-corrected chi connectivity index (χ0v) is 11.7. The Morgan fingerprint density at radius 2 is 2.11 bits per heavy atom. The fourth-order valence-corrected chi connectivity index (χ4v) is 2.68. The van der Waals surface area contributed by atoms with Gasteiger partial charge in [-0.25, -0.2) is 0 Å². The van der Waals surface area contributed by atoms with Crippen LogP contribution in [-0.4, -0.2) is 25.2 Å². The molecule has 0 spiro atoms. The largest absolute Gasteiger partial charge is 0.490 e. The van der Waals surface area contributed by atoms with Crippen molar-refractivity contribution in [1.82, 2.24) is 0 Å². The van der Waals surface area contributed by atoms with Crippen LogP contribution in [0.25, 0.3) is 0 Å². The average molecular weight is 283 g/mol. The molecule has 1 aliphatic rings. The topological polar surface area (TPSA) is 68.3 Å². The van der Waals surface area contributed by atoms with Crippen molar-refractivity contribution < 1.29 is 9.47 Å². The van der Waals surface area contributed by atoms with Gasteiger partial charge < -0.3 is 15.2 Å². The summed E-state index contributed by atoms with van der Waals surface area (Å²) in [6.07, 6.45) is 4.60. The number of benzene rings is 1. The molecule has 0 amide bonds. The molecule has 0 radical (unpaired) electrons. The summed E-state index contributed by atoms with van der Waals surface area (Å²) < 4.78 is 11.3. The predicted octanol–water partition coefficient (Wildman–Crippen LogP) is 2.96. The normalized spacial score (nSPS) is 23.1. The average Bonchev–Trinajstić information content (AvgIpc) is 2.38. The first kappa shape index (κ1) is 14.2. The van der Waals surface area contributed by atoms with Crippen molar-refractivity contribution in [2.24, 2.45) is 5.73 Å². The summed E-state index contributed by atoms with van der Waals surface area (Å²) in [6, 6.07) is 5.24. The lowest BCUT2D eigenvalue weighted by molar-refractivity contribution is 0.0210. The Hall–Kier alpha value is -1.26. The predicted molar refractivity (Wildman–Crippen MR) is 76.1 cm³/mol. The maximum absolute atomic E-state index is 7.39. The molecular weight excluding hydrogens is 264 g/mol. The van der Waals surface area contributed by atoms with Crippen molar-refractivity contribution >= 4 is 17.4 Å². The van der Waals surface area contributed by atoms with E-state index in [2.05, 4.69) is 0 Å². The Morgan fingerprint density at radius 3 is 2.74 bits per heavy atom. The summed E-state index contributed by atoms with van der Waals surface area (Å²) in [7, 11) is 1.74. The van der Waals surface area contributed by atoms with Gasteiger partial charge in [0.05, 0.1) is 11.1 Å². The van der Waals surface area contributed by atoms with Crippen molar-refractivity contribution in [3.05, 3.63) is 28.8 Å². The molecule has 1 saturated carbocycles. The fraction of sp³-hybridized carbons (Fsp3) is 0.500. The highest BCUT2D eigenvalue weighted by atomic mass is 35.5. The van der Waals surface area contributed by atoms with Gasteiger partial charge in [0.2, 0.25) is 0 Å². The second kappa shape index (κ2) is 6.26. The SMILES string of the molecule is COC1CCCC(Oc2ccc(C(=N)N)c(Cl)c2)C1. The van der Waals surface area contributed by atoms with Crippen LogP contribution in [0.3, 0.4) is 0 Å². The summed E-state index contributed by atoms with van der Waals surface area (Å²) in [5, 5.41) is 7.84. The van der Waals surface area contributed by atoms with Gasteiger partial charge in [0.1, 0.15) is 17.7 Å². The van der Waals surface area contributed by atoms with Gasteiger partial charge in [0.15, 0.2) is 0 Å². The molecule has 1 aromatic carbocycles. The lowest BCUT2D eigenvalue weighted by Gasteiger charge is -2.28. The lowest BCUT2D eigenvalue weighted by Crippen LogP contribution is -2.29. The van der Waals surface area contributed by atoms with E-state index >= 15 is 0 Å². The summed E-state index contributed by atoms with van der Waals surface area (Å²) in [5.41, 5.74) is 5.96. The molecule has 0 heterocycles. The zero-order valence-electron chi connectivity index (χ0n) is 11.0. The number of amidine groups is 1. The fourth-order valence-electron chi connectivity index (χ4n) is 2.40. The zero-order chi connectivity index (χ0) is 13.8. The van der Waals surface area contributed by atoms with Crippen molar-refractivity contribution in [2.75, 3.05) is 7.11 Å². The van der Waals surface area contributed by atoms with Crippen LogP contribution in [0.5, 0.6) is 5.75 Å². The molecule has 2 atom stereocenters. The van der Waals surface area contributed by atoms with Gasteiger partial charge in [0, 0.05) is 19.1 Å². The third-order valence-electron chi connectivity index (χ3n) is 3.44. The smallest absolute Gasteiger partial charge is 0.124 e. The molecule has 5 heteroatoms. The number of nitrogens with two attached hydrogens (primary N) is 1. The Balaban J connectivity index is 2.03. The third kappa shape index (κ3) is 3.61. The first-order chi connectivity index (χ1) is 9.10. The molecule has 4 nitrogen and oxygen atoms in total. The minimum atomic E-state index is -0.0336. The number of hydrogen-bond donors (Lipinski definition) is 2. The third-order valence-corrected chi connectivity index (χ3v) is 3.76. The first-order valence-electron chi connectivity index (χ1n) is 6.43. The van der Waals surface area contributed by atoms with E-state index in [1.54, 1.807) is 25.3 Å². The maximum Gasteiger partial charge on any atom is 0.124 e. The summed E-state index contributed by atoms with van der Waals surface area (Å²) in [4.78, 5) is 0. The number of hydrogen-bond acceptors (Lipinski definition) is 3. The molecule has 0 saturated heterocycles. The van der Waals surface area contributed by atoms with E-state index in [9.17, 15) is 0 Å². The number of halogens is 1. The van der Waals surface area contributed by atoms with E-state index in [1.807, 2.05) is 0 Å². The van der Waals surface area contributed by atoms with Gasteiger partial charge in [-0.15, -0.1) is 0 Å². The molecule has 0 aliphatic heterocycles. The molecule has 1 aromatic rings. The van der Waals surface area contributed by atoms with Gasteiger partial charge in [-0.2, -0.15) is 0 Å². The molecule has 104 valence electrons. The van der Waals surface area contributed by atoms with Crippen molar-refractivity contribution in [2.45, 2.75) is 37.9 Å². The Morgan fingerprint density at radius 1 is 1.37 bits per heavy atom. The first-order valence-corrected chi connectivity index (χ1v) is 6.81. The van der Waals surface area contributed by atoms with Crippen molar-refractivity contribution in [1.29, 1.82) is 5.41 Å². The van der Waals surface area contributed by atoms with E-state index in [0.29, 0.717) is 10.6 Å². The van der Waals surface area contributed by atoms with Crippen LogP contribution in [0, 0.1) is 5.41 Å². The van der Waals surface area contributed by atoms with E-state index in [4.69, 9.17) is 32.2 Å². The molecule has 0 bridgehead atoms. The minimum Gasteiger partial charge on any atom is -0.490 e. The highest BCUT2D eigenvalue weighted by molar-refractivity contribution is 6.34. The van der Waals surface area contributed by atoms with Crippen LogP contribution in [0.1, 0.15) is 31.2 Å². The van der Waals surface area contributed by atoms with E-state index in [1.165, 1.54) is 0 Å². The number of rotatable bonds is 4. The molecule has 0 aromatic heterocycles. The van der Waals surface area contributed by atoms with E-state index in [0.717, 1.165) is 31.4 Å². The minimum absolute atomic E-state index is 0.0336. The van der Waals surface area contributed by atoms with Crippen LogP contribution in [0.4, 0.5) is 0 Å². The summed E-state index contributed by atoms with van der Waals surface area (Å²) in [5.74, 6) is 0.686. The van der Waals surface area contributed by atoms with Crippen LogP contribution in [0.2, 0.25) is 5.02 Å². The molecule has 1 aliphatic carbocycles. The highest BCUT2D eigenvalue weighted by Gasteiger charge is 2.23. The van der Waals surface area contributed by atoms with Crippen molar-refractivity contribution in [3.8, 4) is 5.75 Å².